The van der Waals surface area contributed by atoms with Crippen LogP contribution in [-0.4, -0.2) is 13.1 Å². The lowest BCUT2D eigenvalue weighted by molar-refractivity contribution is -0.671. The van der Waals surface area contributed by atoms with E-state index in [1.54, 1.807) is 7.05 Å². The quantitative estimate of drug-likeness (QED) is 0.578. The standard InChI is InChI=1S/C8H11N3O/c1-9-8(12)10-7-3-5-11(2)6-4-7/h3-6H,1-2H3,(H,9,12)/p+1. The smallest absolute Gasteiger partial charge is 0.318 e. The second-order valence-electron chi connectivity index (χ2n) is 2.46. The van der Waals surface area contributed by atoms with E-state index in [1.165, 1.54) is 0 Å². The van der Waals surface area contributed by atoms with Gasteiger partial charge in [-0.3, -0.25) is 0 Å². The van der Waals surface area contributed by atoms with Crippen molar-refractivity contribution in [1.82, 2.24) is 5.32 Å². The van der Waals surface area contributed by atoms with Crippen molar-refractivity contribution in [3.63, 3.8) is 0 Å². The average molecular weight is 166 g/mol. The number of carbonyl (C=O) groups is 1. The molecule has 1 aromatic heterocycles. The Morgan fingerprint density at radius 3 is 2.50 bits per heavy atom. The third-order valence-electron chi connectivity index (χ3n) is 1.46. The van der Waals surface area contributed by atoms with E-state index in [4.69, 9.17) is 0 Å². The van der Waals surface area contributed by atoms with Crippen LogP contribution in [0.1, 0.15) is 0 Å². The van der Waals surface area contributed by atoms with Gasteiger partial charge in [0.15, 0.2) is 12.4 Å². The predicted octanol–water partition coefficient (Wildman–Crippen LogP) is 0.262. The van der Waals surface area contributed by atoms with Crippen LogP contribution in [0.15, 0.2) is 24.5 Å². The first-order valence-electron chi connectivity index (χ1n) is 3.66. The monoisotopic (exact) mass is 166 g/mol. The fraction of sp³-hybridized carbons (Fsp3) is 0.250. The van der Waals surface area contributed by atoms with Gasteiger partial charge in [0.25, 0.3) is 0 Å². The molecular weight excluding hydrogens is 154 g/mol. The molecule has 2 amide bonds. The maximum absolute atomic E-state index is 10.8. The number of nitrogens with zero attached hydrogens (tertiary/aromatic N) is 1. The zero-order valence-electron chi connectivity index (χ0n) is 7.16. The fourth-order valence-corrected chi connectivity index (χ4v) is 0.778. The van der Waals surface area contributed by atoms with Gasteiger partial charge in [0.05, 0.1) is 5.69 Å². The molecule has 0 fully saturated rings. The number of rotatable bonds is 1. The number of hydrogen-bond donors (Lipinski definition) is 2. The largest absolute Gasteiger partial charge is 0.341 e. The average Bonchev–Trinajstić information content (AvgIpc) is 2.09. The van der Waals surface area contributed by atoms with Crippen LogP contribution in [0, 0.1) is 0 Å². The van der Waals surface area contributed by atoms with E-state index in [0.717, 1.165) is 5.69 Å². The van der Waals surface area contributed by atoms with Crippen LogP contribution in [0.4, 0.5) is 10.5 Å². The molecule has 4 nitrogen and oxygen atoms in total. The van der Waals surface area contributed by atoms with Crippen LogP contribution in [0.2, 0.25) is 0 Å². The van der Waals surface area contributed by atoms with Crippen LogP contribution in [-0.2, 0) is 7.05 Å². The van der Waals surface area contributed by atoms with Gasteiger partial charge in [-0.05, 0) is 0 Å². The molecule has 0 aliphatic carbocycles. The molecule has 0 radical (unpaired) electrons. The second-order valence-corrected chi connectivity index (χ2v) is 2.46. The van der Waals surface area contributed by atoms with Crippen LogP contribution >= 0.6 is 0 Å². The summed E-state index contributed by atoms with van der Waals surface area (Å²) in [5.41, 5.74) is 0.785. The molecule has 0 saturated carbocycles. The molecule has 0 unspecified atom stereocenters. The number of carbonyl (C=O) groups excluding carboxylic acids is 1. The van der Waals surface area contributed by atoms with E-state index < -0.39 is 0 Å². The second kappa shape index (κ2) is 3.71. The van der Waals surface area contributed by atoms with Crippen molar-refractivity contribution in [2.45, 2.75) is 0 Å². The predicted molar refractivity (Wildman–Crippen MR) is 45.7 cm³/mol. The summed E-state index contributed by atoms with van der Waals surface area (Å²) in [6, 6.07) is 3.45. The lowest BCUT2D eigenvalue weighted by Gasteiger charge is -2.01. The Morgan fingerprint density at radius 1 is 1.42 bits per heavy atom. The summed E-state index contributed by atoms with van der Waals surface area (Å²) in [6.45, 7) is 0. The summed E-state index contributed by atoms with van der Waals surface area (Å²) in [6.07, 6.45) is 3.73. The summed E-state index contributed by atoms with van der Waals surface area (Å²) in [7, 11) is 3.50. The summed E-state index contributed by atoms with van der Waals surface area (Å²) >= 11 is 0. The molecular formula is C8H12N3O+. The maximum Gasteiger partial charge on any atom is 0.318 e. The molecule has 12 heavy (non-hydrogen) atoms. The minimum absolute atomic E-state index is 0.205. The first-order chi connectivity index (χ1) is 5.72. The third kappa shape index (κ3) is 2.23. The summed E-state index contributed by atoms with van der Waals surface area (Å²) in [5, 5.41) is 5.13. The normalized spacial score (nSPS) is 9.17. The van der Waals surface area contributed by atoms with Crippen LogP contribution in [0.25, 0.3) is 0 Å². The van der Waals surface area contributed by atoms with Gasteiger partial charge in [-0.2, -0.15) is 0 Å². The number of urea groups is 1. The van der Waals surface area contributed by atoms with E-state index >= 15 is 0 Å². The highest BCUT2D eigenvalue weighted by Gasteiger charge is 1.98. The molecule has 0 aliphatic rings. The zero-order valence-corrected chi connectivity index (χ0v) is 7.16. The molecule has 0 aromatic carbocycles. The van der Waals surface area contributed by atoms with Gasteiger partial charge >= 0.3 is 6.03 Å². The molecule has 64 valence electrons. The fourth-order valence-electron chi connectivity index (χ4n) is 0.778. The molecule has 0 aliphatic heterocycles. The van der Waals surface area contributed by atoms with E-state index in [-0.39, 0.29) is 6.03 Å². The topological polar surface area (TPSA) is 45.0 Å². The number of anilines is 1. The van der Waals surface area contributed by atoms with Gasteiger partial charge in [-0.15, -0.1) is 0 Å². The molecule has 0 bridgehead atoms. The molecule has 1 heterocycles. The molecule has 1 rings (SSSR count). The highest BCUT2D eigenvalue weighted by Crippen LogP contribution is 2.00. The van der Waals surface area contributed by atoms with Gasteiger partial charge in [0.1, 0.15) is 7.05 Å². The van der Waals surface area contributed by atoms with E-state index in [9.17, 15) is 4.79 Å². The minimum atomic E-state index is -0.205. The zero-order chi connectivity index (χ0) is 8.97. The number of aryl methyl sites for hydroxylation is 1. The first kappa shape index (κ1) is 8.52. The minimum Gasteiger partial charge on any atom is -0.341 e. The number of pyridine rings is 1. The molecule has 0 saturated heterocycles. The van der Waals surface area contributed by atoms with Crippen molar-refractivity contribution in [3.05, 3.63) is 24.5 Å². The van der Waals surface area contributed by atoms with Crippen molar-refractivity contribution in [2.24, 2.45) is 7.05 Å². The lowest BCUT2D eigenvalue weighted by Crippen LogP contribution is -2.28. The summed E-state index contributed by atoms with van der Waals surface area (Å²) in [5.74, 6) is 0. The van der Waals surface area contributed by atoms with Gasteiger partial charge < -0.3 is 10.6 Å². The summed E-state index contributed by atoms with van der Waals surface area (Å²) in [4.78, 5) is 10.8. The van der Waals surface area contributed by atoms with Gasteiger partial charge in [-0.25, -0.2) is 9.36 Å². The van der Waals surface area contributed by atoms with Crippen molar-refractivity contribution >= 4 is 11.7 Å². The highest BCUT2D eigenvalue weighted by molar-refractivity contribution is 5.88. The van der Waals surface area contributed by atoms with E-state index in [2.05, 4.69) is 10.6 Å². The lowest BCUT2D eigenvalue weighted by atomic mass is 10.4. The molecule has 4 heteroatoms. The van der Waals surface area contributed by atoms with E-state index in [0.29, 0.717) is 0 Å². The highest BCUT2D eigenvalue weighted by atomic mass is 16.2. The van der Waals surface area contributed by atoms with Crippen molar-refractivity contribution in [3.8, 4) is 0 Å². The SMILES string of the molecule is CNC(=O)Nc1cc[n+](C)cc1. The Bertz CT molecular complexity index is 268. The Kier molecular flexibility index (Phi) is 2.63. The van der Waals surface area contributed by atoms with Gasteiger partial charge in [0, 0.05) is 19.2 Å². The summed E-state index contributed by atoms with van der Waals surface area (Å²) < 4.78 is 1.90. The molecule has 2 N–H and O–H groups in total. The van der Waals surface area contributed by atoms with Crippen LogP contribution in [0.5, 0.6) is 0 Å². The number of nitrogens with one attached hydrogen (secondary N) is 2. The van der Waals surface area contributed by atoms with Crippen LogP contribution in [0.3, 0.4) is 0 Å². The van der Waals surface area contributed by atoms with Crippen molar-refractivity contribution < 1.29 is 9.36 Å². The number of hydrogen-bond acceptors (Lipinski definition) is 1. The molecule has 0 atom stereocenters. The van der Waals surface area contributed by atoms with Gasteiger partial charge in [0.2, 0.25) is 0 Å². The first-order valence-corrected chi connectivity index (χ1v) is 3.66. The van der Waals surface area contributed by atoms with Crippen molar-refractivity contribution in [2.75, 3.05) is 12.4 Å². The number of amides is 2. The van der Waals surface area contributed by atoms with E-state index in [1.807, 2.05) is 36.1 Å². The molecule has 1 aromatic rings. The maximum atomic E-state index is 10.8. The molecule has 0 spiro atoms. The Balaban J connectivity index is 2.64. The van der Waals surface area contributed by atoms with Gasteiger partial charge in [-0.1, -0.05) is 0 Å². The van der Waals surface area contributed by atoms with Crippen LogP contribution < -0.4 is 15.2 Å². The third-order valence-corrected chi connectivity index (χ3v) is 1.46. The Labute approximate surface area is 71.2 Å². The van der Waals surface area contributed by atoms with Crippen molar-refractivity contribution in [1.29, 1.82) is 0 Å². The Hall–Kier alpha value is -1.58. The number of aromatic nitrogens is 1. The Morgan fingerprint density at radius 2 is 2.00 bits per heavy atom.